The molecule has 0 spiro atoms. The van der Waals surface area contributed by atoms with E-state index in [4.69, 9.17) is 9.47 Å². The predicted octanol–water partition coefficient (Wildman–Crippen LogP) is 6.23. The van der Waals surface area contributed by atoms with Crippen molar-refractivity contribution >= 4 is 14.5 Å². The van der Waals surface area contributed by atoms with Crippen LogP contribution in [0.4, 0.5) is 4.39 Å². The molecule has 1 fully saturated rings. The fourth-order valence-electron chi connectivity index (χ4n) is 4.52. The quantitative estimate of drug-likeness (QED) is 0.511. The van der Waals surface area contributed by atoms with Crippen LogP contribution in [-0.2, 0) is 4.74 Å². The zero-order valence-corrected chi connectivity index (χ0v) is 18.4. The summed E-state index contributed by atoms with van der Waals surface area (Å²) in [5.74, 6) is 0.595. The van der Waals surface area contributed by atoms with Crippen LogP contribution in [0.3, 0.4) is 0 Å². The lowest BCUT2D eigenvalue weighted by molar-refractivity contribution is -0.0494. The molecule has 28 heavy (non-hydrogen) atoms. The van der Waals surface area contributed by atoms with Crippen LogP contribution in [0.15, 0.2) is 36.4 Å². The van der Waals surface area contributed by atoms with E-state index in [9.17, 15) is 4.39 Å². The smallest absolute Gasteiger partial charge is 0.172 e. The Bertz CT molecular complexity index is 780. The summed E-state index contributed by atoms with van der Waals surface area (Å²) in [4.78, 5) is 0. The molecule has 152 valence electrons. The molecule has 0 radical (unpaired) electrons. The first-order valence-electron chi connectivity index (χ1n) is 10.4. The van der Waals surface area contributed by atoms with Crippen molar-refractivity contribution < 1.29 is 13.9 Å². The second kappa shape index (κ2) is 9.37. The molecule has 3 rings (SSSR count). The van der Waals surface area contributed by atoms with Crippen molar-refractivity contribution in [1.82, 2.24) is 0 Å². The van der Waals surface area contributed by atoms with E-state index in [1.165, 1.54) is 24.8 Å². The van der Waals surface area contributed by atoms with Gasteiger partial charge in [0, 0.05) is 12.4 Å². The Morgan fingerprint density at radius 3 is 2.32 bits per heavy atom. The third-order valence-electron chi connectivity index (χ3n) is 6.17. The van der Waals surface area contributed by atoms with Crippen molar-refractivity contribution in [2.24, 2.45) is 0 Å². The lowest BCUT2D eigenvalue weighted by Gasteiger charge is -2.39. The molecule has 1 aliphatic rings. The summed E-state index contributed by atoms with van der Waals surface area (Å²) in [5, 5.41) is 0.556. The second-order valence-corrected chi connectivity index (χ2v) is 8.38. The third kappa shape index (κ3) is 4.42. The number of halogens is 1. The molecule has 0 aliphatic heterocycles. The molecule has 4 heteroatoms. The van der Waals surface area contributed by atoms with E-state index in [2.05, 4.69) is 40.4 Å². The van der Waals surface area contributed by atoms with Crippen molar-refractivity contribution in [3.63, 3.8) is 0 Å². The van der Waals surface area contributed by atoms with Gasteiger partial charge in [-0.25, -0.2) is 4.39 Å². The van der Waals surface area contributed by atoms with Gasteiger partial charge in [0.1, 0.15) is 0 Å². The maximum Gasteiger partial charge on any atom is 0.172 e. The summed E-state index contributed by atoms with van der Waals surface area (Å²) in [5.41, 5.74) is 3.38. The van der Waals surface area contributed by atoms with Gasteiger partial charge in [0.25, 0.3) is 0 Å². The molecule has 0 heterocycles. The monoisotopic (exact) mass is 402 g/mol. The van der Waals surface area contributed by atoms with Crippen molar-refractivity contribution in [1.29, 1.82) is 0 Å². The van der Waals surface area contributed by atoms with Gasteiger partial charge in [-0.05, 0) is 73.8 Å². The van der Waals surface area contributed by atoms with E-state index >= 15 is 0 Å². The molecule has 2 aromatic carbocycles. The Hall–Kier alpha value is -1.44. The average Bonchev–Trinajstić information content (AvgIpc) is 2.73. The van der Waals surface area contributed by atoms with Crippen LogP contribution in [0.1, 0.15) is 63.9 Å². The second-order valence-electron chi connectivity index (χ2n) is 7.81. The van der Waals surface area contributed by atoms with Crippen LogP contribution >= 0.6 is 9.24 Å². The Balaban J connectivity index is 1.74. The van der Waals surface area contributed by atoms with Gasteiger partial charge in [-0.2, -0.15) is 0 Å². The van der Waals surface area contributed by atoms with Gasteiger partial charge >= 0.3 is 0 Å². The summed E-state index contributed by atoms with van der Waals surface area (Å²) in [7, 11) is 4.38. The minimum absolute atomic E-state index is 0.0827. The van der Waals surface area contributed by atoms with Crippen LogP contribution < -0.4 is 10.0 Å². The SMILES string of the molecule is CCCC1(OC)CCC(c2ccc(-c3ccc(OCC)c(F)c3P)cc2)CC1. The minimum atomic E-state index is -0.299. The lowest BCUT2D eigenvalue weighted by Crippen LogP contribution is -2.35. The number of hydrogen-bond acceptors (Lipinski definition) is 2. The van der Waals surface area contributed by atoms with E-state index in [-0.39, 0.29) is 11.4 Å². The minimum Gasteiger partial charge on any atom is -0.491 e. The lowest BCUT2D eigenvalue weighted by atomic mass is 9.74. The zero-order valence-electron chi connectivity index (χ0n) is 17.3. The molecule has 0 N–H and O–H groups in total. The number of ether oxygens (including phenoxy) is 2. The fourth-order valence-corrected chi connectivity index (χ4v) is 4.92. The van der Waals surface area contributed by atoms with Crippen molar-refractivity contribution in [2.75, 3.05) is 13.7 Å². The highest BCUT2D eigenvalue weighted by molar-refractivity contribution is 7.28. The van der Waals surface area contributed by atoms with Crippen molar-refractivity contribution in [3.05, 3.63) is 47.8 Å². The summed E-state index contributed by atoms with van der Waals surface area (Å²) in [6.45, 7) is 4.55. The molecule has 1 unspecified atom stereocenters. The average molecular weight is 402 g/mol. The maximum absolute atomic E-state index is 14.5. The van der Waals surface area contributed by atoms with Gasteiger partial charge in [-0.15, -0.1) is 9.24 Å². The third-order valence-corrected chi connectivity index (χ3v) is 6.74. The number of benzene rings is 2. The molecule has 2 nitrogen and oxygen atoms in total. The topological polar surface area (TPSA) is 18.5 Å². The highest BCUT2D eigenvalue weighted by Gasteiger charge is 2.34. The van der Waals surface area contributed by atoms with Crippen LogP contribution in [-0.4, -0.2) is 19.3 Å². The molecular weight excluding hydrogens is 370 g/mol. The van der Waals surface area contributed by atoms with Gasteiger partial charge in [-0.1, -0.05) is 37.6 Å². The Kier molecular flexibility index (Phi) is 7.12. The van der Waals surface area contributed by atoms with Gasteiger partial charge < -0.3 is 9.47 Å². The van der Waals surface area contributed by atoms with E-state index in [0.717, 1.165) is 30.4 Å². The fraction of sp³-hybridized carbons (Fsp3) is 0.500. The first-order chi connectivity index (χ1) is 13.5. The Labute approximate surface area is 171 Å². The predicted molar refractivity (Wildman–Crippen MR) is 118 cm³/mol. The van der Waals surface area contributed by atoms with Gasteiger partial charge in [0.05, 0.1) is 12.2 Å². The normalized spacial score (nSPS) is 22.2. The number of methoxy groups -OCH3 is 1. The zero-order chi connectivity index (χ0) is 20.1. The molecule has 1 atom stereocenters. The summed E-state index contributed by atoms with van der Waals surface area (Å²) in [6.07, 6.45) is 6.91. The van der Waals surface area contributed by atoms with E-state index in [1.54, 1.807) is 6.07 Å². The first-order valence-corrected chi connectivity index (χ1v) is 11.0. The molecule has 0 amide bonds. The van der Waals surface area contributed by atoms with E-state index in [0.29, 0.717) is 23.6 Å². The molecule has 0 saturated heterocycles. The van der Waals surface area contributed by atoms with Crippen LogP contribution in [0.25, 0.3) is 11.1 Å². The summed E-state index contributed by atoms with van der Waals surface area (Å²) in [6, 6.07) is 12.3. The number of hydrogen-bond donors (Lipinski definition) is 0. The van der Waals surface area contributed by atoms with Gasteiger partial charge in [0.2, 0.25) is 0 Å². The summed E-state index contributed by atoms with van der Waals surface area (Å²) >= 11 is 0. The standard InChI is InChI=1S/C24H32FO2P/c1-4-14-24(26-3)15-12-18(13-16-24)17-6-8-19(9-7-17)20-10-11-21(27-5-2)22(25)23(20)28/h6-11,18H,4-5,12-16,28H2,1-3H3. The summed E-state index contributed by atoms with van der Waals surface area (Å²) < 4.78 is 25.8. The number of rotatable bonds is 7. The Morgan fingerprint density at radius 1 is 1.07 bits per heavy atom. The largest absolute Gasteiger partial charge is 0.491 e. The van der Waals surface area contributed by atoms with Crippen molar-refractivity contribution in [3.8, 4) is 16.9 Å². The van der Waals surface area contributed by atoms with Crippen molar-refractivity contribution in [2.45, 2.75) is 63.9 Å². The van der Waals surface area contributed by atoms with Crippen LogP contribution in [0.5, 0.6) is 5.75 Å². The molecular formula is C24H32FO2P. The molecule has 1 aliphatic carbocycles. The molecule has 0 bridgehead atoms. The van der Waals surface area contributed by atoms with E-state index in [1.807, 2.05) is 20.1 Å². The molecule has 2 aromatic rings. The van der Waals surface area contributed by atoms with Gasteiger partial charge in [-0.3, -0.25) is 0 Å². The first kappa shape index (κ1) is 21.3. The van der Waals surface area contributed by atoms with Gasteiger partial charge in [0.15, 0.2) is 11.6 Å². The Morgan fingerprint density at radius 2 is 1.75 bits per heavy atom. The molecule has 0 aromatic heterocycles. The van der Waals surface area contributed by atoms with E-state index < -0.39 is 0 Å². The highest BCUT2D eigenvalue weighted by Crippen LogP contribution is 2.42. The highest BCUT2D eigenvalue weighted by atomic mass is 31.0. The molecule has 1 saturated carbocycles. The van der Waals surface area contributed by atoms with Crippen LogP contribution in [0, 0.1) is 5.82 Å². The maximum atomic E-state index is 14.5. The van der Waals surface area contributed by atoms with Crippen LogP contribution in [0.2, 0.25) is 0 Å².